The Bertz CT molecular complexity index is 1680. The molecule has 0 unspecified atom stereocenters. The summed E-state index contributed by atoms with van der Waals surface area (Å²) in [5.41, 5.74) is 0.448. The average Bonchev–Trinajstić information content (AvgIpc) is 3.69. The maximum absolute atomic E-state index is 16.7. The molecule has 4 aliphatic heterocycles. The average molecular weight is 591 g/mol. The Balaban J connectivity index is 1.25. The lowest BCUT2D eigenvalue weighted by atomic mass is 9.95. The first-order valence-corrected chi connectivity index (χ1v) is 15.2. The molecule has 43 heavy (non-hydrogen) atoms. The smallest absolute Gasteiger partial charge is 0.387 e. The third-order valence-electron chi connectivity index (χ3n) is 9.78. The minimum absolute atomic E-state index is 0.00995. The van der Waals surface area contributed by atoms with Crippen LogP contribution in [0.1, 0.15) is 38.5 Å². The lowest BCUT2D eigenvalue weighted by Crippen LogP contribution is -2.51. The monoisotopic (exact) mass is 590 g/mol. The molecule has 8 nitrogen and oxygen atoms in total. The van der Waals surface area contributed by atoms with Gasteiger partial charge in [0.1, 0.15) is 29.4 Å². The summed E-state index contributed by atoms with van der Waals surface area (Å²) in [5.74, 6) is -0.0711. The van der Waals surface area contributed by atoms with Gasteiger partial charge in [0.05, 0.1) is 10.9 Å². The molecule has 8 rings (SSSR count). The normalized spacial score (nSPS) is 23.0. The van der Waals surface area contributed by atoms with Gasteiger partial charge in [0, 0.05) is 42.3 Å². The second-order valence-electron chi connectivity index (χ2n) is 12.3. The van der Waals surface area contributed by atoms with E-state index in [4.69, 9.17) is 14.5 Å². The van der Waals surface area contributed by atoms with E-state index in [-0.39, 0.29) is 28.5 Å². The number of nitrogens with one attached hydrogen (secondary N) is 1. The number of hydrogen-bond acceptors (Lipinski definition) is 8. The molecule has 2 bridgehead atoms. The molecule has 224 valence electrons. The fraction of sp³-hybridized carbons (Fsp3) is 0.469. The van der Waals surface area contributed by atoms with Crippen molar-refractivity contribution in [3.63, 3.8) is 0 Å². The van der Waals surface area contributed by atoms with Crippen molar-refractivity contribution in [2.24, 2.45) is 0 Å². The number of alkyl halides is 2. The summed E-state index contributed by atoms with van der Waals surface area (Å²) >= 11 is 0. The maximum Gasteiger partial charge on any atom is 0.387 e. The first kappa shape index (κ1) is 26.9. The predicted octanol–water partition coefficient (Wildman–Crippen LogP) is 5.53. The molecule has 4 aliphatic rings. The highest BCUT2D eigenvalue weighted by Gasteiger charge is 2.45. The van der Waals surface area contributed by atoms with Gasteiger partial charge in [0.15, 0.2) is 5.82 Å². The van der Waals surface area contributed by atoms with Gasteiger partial charge in [-0.25, -0.2) is 4.39 Å². The highest BCUT2D eigenvalue weighted by Crippen LogP contribution is 2.41. The number of piperazine rings is 1. The number of anilines is 1. The van der Waals surface area contributed by atoms with Gasteiger partial charge in [-0.2, -0.15) is 18.7 Å². The molecule has 2 aromatic carbocycles. The van der Waals surface area contributed by atoms with Gasteiger partial charge in [-0.05, 0) is 63.1 Å². The van der Waals surface area contributed by atoms with Crippen LogP contribution in [0.3, 0.4) is 0 Å². The summed E-state index contributed by atoms with van der Waals surface area (Å²) in [6.45, 7) is 1.09. The SMILES string of the molecule is Fc1c(-c2cccc3cccc(OC(F)F)c23)ncc2c(N3C[C@H]4CC[C@@H](C3)N4)nc(OCC34CCCN3CCC4)nc12. The molecule has 0 spiro atoms. The van der Waals surface area contributed by atoms with Crippen molar-refractivity contribution in [1.29, 1.82) is 0 Å². The molecule has 0 aliphatic carbocycles. The second-order valence-corrected chi connectivity index (χ2v) is 12.3. The number of rotatable bonds is 7. The number of aromatic nitrogens is 3. The molecule has 4 saturated heterocycles. The molecule has 11 heteroatoms. The molecular formula is C32H33F3N6O2. The zero-order valence-corrected chi connectivity index (χ0v) is 23.7. The fourth-order valence-corrected chi connectivity index (χ4v) is 7.84. The molecule has 0 radical (unpaired) electrons. The van der Waals surface area contributed by atoms with Gasteiger partial charge < -0.3 is 19.7 Å². The van der Waals surface area contributed by atoms with Crippen LogP contribution in [0.2, 0.25) is 0 Å². The van der Waals surface area contributed by atoms with Gasteiger partial charge in [-0.1, -0.05) is 30.3 Å². The number of pyridine rings is 1. The predicted molar refractivity (Wildman–Crippen MR) is 157 cm³/mol. The third-order valence-corrected chi connectivity index (χ3v) is 9.78. The molecular weight excluding hydrogens is 557 g/mol. The highest BCUT2D eigenvalue weighted by molar-refractivity contribution is 6.02. The Morgan fingerprint density at radius 2 is 1.74 bits per heavy atom. The molecule has 1 N–H and O–H groups in total. The van der Waals surface area contributed by atoms with Gasteiger partial charge >= 0.3 is 12.6 Å². The van der Waals surface area contributed by atoms with E-state index in [9.17, 15) is 8.78 Å². The first-order valence-electron chi connectivity index (χ1n) is 15.2. The molecule has 0 saturated carbocycles. The topological polar surface area (TPSA) is 75.6 Å². The van der Waals surface area contributed by atoms with E-state index in [0.29, 0.717) is 46.2 Å². The number of fused-ring (bicyclic) bond motifs is 5. The lowest BCUT2D eigenvalue weighted by Gasteiger charge is -2.34. The minimum Gasteiger partial charge on any atom is -0.461 e. The quantitative estimate of drug-likeness (QED) is 0.301. The van der Waals surface area contributed by atoms with Crippen LogP contribution in [0.15, 0.2) is 42.6 Å². The van der Waals surface area contributed by atoms with Crippen LogP contribution in [-0.4, -0.2) is 76.9 Å². The van der Waals surface area contributed by atoms with E-state index in [2.05, 4.69) is 25.1 Å². The van der Waals surface area contributed by atoms with Crippen LogP contribution >= 0.6 is 0 Å². The van der Waals surface area contributed by atoms with E-state index in [1.54, 1.807) is 36.5 Å². The Hall–Kier alpha value is -3.70. The minimum atomic E-state index is -3.02. The Morgan fingerprint density at radius 1 is 1.00 bits per heavy atom. The molecule has 2 atom stereocenters. The largest absolute Gasteiger partial charge is 0.461 e. The van der Waals surface area contributed by atoms with Crippen molar-refractivity contribution in [1.82, 2.24) is 25.2 Å². The molecule has 2 aromatic heterocycles. The van der Waals surface area contributed by atoms with Crippen LogP contribution in [0, 0.1) is 5.82 Å². The number of benzene rings is 2. The summed E-state index contributed by atoms with van der Waals surface area (Å²) < 4.78 is 54.5. The van der Waals surface area contributed by atoms with Gasteiger partial charge in [0.25, 0.3) is 0 Å². The summed E-state index contributed by atoms with van der Waals surface area (Å²) in [7, 11) is 0. The zero-order chi connectivity index (χ0) is 29.1. The maximum atomic E-state index is 16.7. The second kappa shape index (κ2) is 10.5. The van der Waals surface area contributed by atoms with E-state index < -0.39 is 12.4 Å². The van der Waals surface area contributed by atoms with E-state index in [1.807, 2.05) is 0 Å². The van der Waals surface area contributed by atoms with Crippen LogP contribution in [0.4, 0.5) is 19.0 Å². The van der Waals surface area contributed by atoms with Crippen molar-refractivity contribution < 1.29 is 22.6 Å². The zero-order valence-electron chi connectivity index (χ0n) is 23.7. The molecule has 6 heterocycles. The lowest BCUT2D eigenvalue weighted by molar-refractivity contribution is -0.0487. The van der Waals surface area contributed by atoms with Crippen molar-refractivity contribution >= 4 is 27.5 Å². The van der Waals surface area contributed by atoms with Gasteiger partial charge in [-0.3, -0.25) is 9.88 Å². The van der Waals surface area contributed by atoms with E-state index >= 15 is 4.39 Å². The van der Waals surface area contributed by atoms with Crippen LogP contribution in [0.5, 0.6) is 11.8 Å². The summed E-state index contributed by atoms with van der Waals surface area (Å²) in [5, 5.41) is 5.14. The summed E-state index contributed by atoms with van der Waals surface area (Å²) in [6, 6.07) is 10.9. The van der Waals surface area contributed by atoms with Gasteiger partial charge in [0.2, 0.25) is 0 Å². The standard InChI is InChI=1S/C32H33F3N6O2/c33-26-27(22-7-1-5-19-6-2-8-24(25(19)22)43-30(34)35)36-15-23-28(26)38-31(42-18-32-11-3-13-41(32)14-4-12-32)39-29(23)40-16-20-9-10-21(17-40)37-20/h1-2,5-8,15,20-21,30,37H,3-4,9-14,16-18H2/t20-,21+. The fourth-order valence-electron chi connectivity index (χ4n) is 7.84. The van der Waals surface area contributed by atoms with Crippen molar-refractivity contribution in [2.45, 2.75) is 62.8 Å². The van der Waals surface area contributed by atoms with Crippen molar-refractivity contribution in [3.8, 4) is 23.0 Å². The molecule has 4 fully saturated rings. The van der Waals surface area contributed by atoms with Crippen molar-refractivity contribution in [2.75, 3.05) is 37.7 Å². The van der Waals surface area contributed by atoms with Crippen LogP contribution in [0.25, 0.3) is 32.9 Å². The number of hydrogen-bond donors (Lipinski definition) is 1. The number of ether oxygens (including phenoxy) is 2. The molecule has 0 amide bonds. The summed E-state index contributed by atoms with van der Waals surface area (Å²) in [6.07, 6.45) is 8.20. The van der Waals surface area contributed by atoms with E-state index in [0.717, 1.165) is 64.7 Å². The number of nitrogens with zero attached hydrogens (tertiary/aromatic N) is 5. The van der Waals surface area contributed by atoms with Crippen LogP contribution in [-0.2, 0) is 0 Å². The van der Waals surface area contributed by atoms with E-state index in [1.165, 1.54) is 6.07 Å². The van der Waals surface area contributed by atoms with Crippen molar-refractivity contribution in [3.05, 3.63) is 48.4 Å². The summed E-state index contributed by atoms with van der Waals surface area (Å²) in [4.78, 5) is 18.7. The Morgan fingerprint density at radius 3 is 2.49 bits per heavy atom. The Kier molecular flexibility index (Phi) is 6.56. The third kappa shape index (κ3) is 4.64. The Labute approximate surface area is 247 Å². The van der Waals surface area contributed by atoms with Gasteiger partial charge in [-0.15, -0.1) is 0 Å². The number of halogens is 3. The van der Waals surface area contributed by atoms with Crippen LogP contribution < -0.4 is 19.7 Å². The molecule has 4 aromatic rings. The first-order chi connectivity index (χ1) is 21.0. The highest BCUT2D eigenvalue weighted by atomic mass is 19.3.